The molecule has 3 atom stereocenters. The van der Waals surface area contributed by atoms with Gasteiger partial charge in [-0.3, -0.25) is 9.59 Å². The van der Waals surface area contributed by atoms with Crippen LogP contribution in [-0.2, 0) is 14.3 Å². The third-order valence-electron chi connectivity index (χ3n) is 4.13. The standard InChI is InChI=1S/C14H23NO4/c16-13(12-8-5-9-19-12)15-11-7-4-2-1-3-6-10(11)14(17)18/h10-12H,1-9H2,(H,15,16)(H,17,18)/t10?,11?,12-/m0/s1. The lowest BCUT2D eigenvalue weighted by atomic mass is 9.86. The molecular formula is C14H23NO4. The van der Waals surface area contributed by atoms with E-state index in [0.717, 1.165) is 44.9 Å². The first-order valence-corrected chi connectivity index (χ1v) is 7.33. The number of amides is 1. The molecule has 1 aliphatic heterocycles. The predicted molar refractivity (Wildman–Crippen MR) is 69.7 cm³/mol. The Labute approximate surface area is 113 Å². The molecule has 1 saturated carbocycles. The van der Waals surface area contributed by atoms with Crippen molar-refractivity contribution in [2.45, 2.75) is 63.5 Å². The van der Waals surface area contributed by atoms with E-state index in [9.17, 15) is 14.7 Å². The zero-order valence-electron chi connectivity index (χ0n) is 11.3. The number of carbonyl (C=O) groups is 2. The molecule has 108 valence electrons. The van der Waals surface area contributed by atoms with E-state index in [2.05, 4.69) is 5.32 Å². The Morgan fingerprint density at radius 3 is 2.37 bits per heavy atom. The molecule has 0 spiro atoms. The van der Waals surface area contributed by atoms with Crippen LogP contribution in [0.4, 0.5) is 0 Å². The Bertz CT molecular complexity index is 325. The van der Waals surface area contributed by atoms with Gasteiger partial charge in [-0.2, -0.15) is 0 Å². The number of hydrogen-bond donors (Lipinski definition) is 2. The van der Waals surface area contributed by atoms with Gasteiger partial charge in [0.2, 0.25) is 5.91 Å². The molecule has 5 nitrogen and oxygen atoms in total. The van der Waals surface area contributed by atoms with Crippen LogP contribution in [0.1, 0.15) is 51.4 Å². The van der Waals surface area contributed by atoms with E-state index in [-0.39, 0.29) is 18.1 Å². The lowest BCUT2D eigenvalue weighted by Crippen LogP contribution is -2.47. The Morgan fingerprint density at radius 2 is 1.74 bits per heavy atom. The summed E-state index contributed by atoms with van der Waals surface area (Å²) in [5, 5.41) is 12.2. The summed E-state index contributed by atoms with van der Waals surface area (Å²) in [6.07, 6.45) is 6.83. The molecule has 0 bridgehead atoms. The van der Waals surface area contributed by atoms with Gasteiger partial charge in [-0.15, -0.1) is 0 Å². The first kappa shape index (κ1) is 14.3. The summed E-state index contributed by atoms with van der Waals surface area (Å²) in [7, 11) is 0. The van der Waals surface area contributed by atoms with E-state index in [1.807, 2.05) is 0 Å². The van der Waals surface area contributed by atoms with Crippen LogP contribution in [0.3, 0.4) is 0 Å². The van der Waals surface area contributed by atoms with Gasteiger partial charge in [-0.1, -0.05) is 25.7 Å². The van der Waals surface area contributed by atoms with Crippen LogP contribution in [0.5, 0.6) is 0 Å². The van der Waals surface area contributed by atoms with Gasteiger partial charge >= 0.3 is 5.97 Å². The largest absolute Gasteiger partial charge is 0.481 e. The van der Waals surface area contributed by atoms with E-state index in [0.29, 0.717) is 13.0 Å². The number of carboxylic acids is 1. The number of rotatable bonds is 3. The molecule has 1 saturated heterocycles. The quantitative estimate of drug-likeness (QED) is 0.817. The zero-order chi connectivity index (χ0) is 13.7. The van der Waals surface area contributed by atoms with Crippen molar-refractivity contribution in [2.75, 3.05) is 6.61 Å². The first-order valence-electron chi connectivity index (χ1n) is 7.33. The summed E-state index contributed by atoms with van der Waals surface area (Å²) >= 11 is 0. The highest BCUT2D eigenvalue weighted by Crippen LogP contribution is 2.24. The molecule has 0 radical (unpaired) electrons. The number of carboxylic acid groups (broad SMARTS) is 1. The van der Waals surface area contributed by atoms with Gasteiger partial charge in [0.25, 0.3) is 0 Å². The smallest absolute Gasteiger partial charge is 0.308 e. The van der Waals surface area contributed by atoms with Crippen LogP contribution in [0, 0.1) is 5.92 Å². The minimum atomic E-state index is -0.792. The van der Waals surface area contributed by atoms with Crippen molar-refractivity contribution in [3.05, 3.63) is 0 Å². The van der Waals surface area contributed by atoms with E-state index in [1.165, 1.54) is 0 Å². The molecule has 0 aromatic rings. The Morgan fingerprint density at radius 1 is 1.00 bits per heavy atom. The molecule has 2 fully saturated rings. The molecule has 0 aromatic carbocycles. The van der Waals surface area contributed by atoms with Crippen LogP contribution in [0.25, 0.3) is 0 Å². The normalized spacial score (nSPS) is 32.3. The van der Waals surface area contributed by atoms with Gasteiger partial charge in [-0.25, -0.2) is 0 Å². The van der Waals surface area contributed by atoms with Gasteiger partial charge in [-0.05, 0) is 25.7 Å². The summed E-state index contributed by atoms with van der Waals surface area (Å²) in [6, 6.07) is -0.241. The average molecular weight is 269 g/mol. The maximum absolute atomic E-state index is 12.1. The molecule has 2 aliphatic rings. The molecule has 19 heavy (non-hydrogen) atoms. The molecule has 1 heterocycles. The number of ether oxygens (including phenoxy) is 1. The maximum atomic E-state index is 12.1. The summed E-state index contributed by atoms with van der Waals surface area (Å²) in [4.78, 5) is 23.4. The fourth-order valence-corrected chi connectivity index (χ4v) is 3.01. The molecule has 1 amide bonds. The monoisotopic (exact) mass is 269 g/mol. The predicted octanol–water partition coefficient (Wildman–Crippen LogP) is 1.71. The minimum absolute atomic E-state index is 0.130. The number of carbonyl (C=O) groups excluding carboxylic acids is 1. The molecular weight excluding hydrogens is 246 g/mol. The van der Waals surface area contributed by atoms with Crippen LogP contribution in [0.15, 0.2) is 0 Å². The second kappa shape index (κ2) is 6.89. The summed E-state index contributed by atoms with van der Waals surface area (Å²) in [6.45, 7) is 0.630. The lowest BCUT2D eigenvalue weighted by molar-refractivity contribution is -0.144. The average Bonchev–Trinajstić information content (AvgIpc) is 2.85. The van der Waals surface area contributed by atoms with Crippen LogP contribution in [0.2, 0.25) is 0 Å². The van der Waals surface area contributed by atoms with Crippen molar-refractivity contribution in [3.8, 4) is 0 Å². The highest BCUT2D eigenvalue weighted by atomic mass is 16.5. The fourth-order valence-electron chi connectivity index (χ4n) is 3.01. The first-order chi connectivity index (χ1) is 9.18. The molecule has 2 rings (SSSR count). The number of hydrogen-bond acceptors (Lipinski definition) is 3. The van der Waals surface area contributed by atoms with Gasteiger partial charge < -0.3 is 15.2 Å². The van der Waals surface area contributed by atoms with Gasteiger partial charge in [0.05, 0.1) is 5.92 Å². The lowest BCUT2D eigenvalue weighted by Gasteiger charge is -2.28. The summed E-state index contributed by atoms with van der Waals surface area (Å²) < 4.78 is 5.35. The molecule has 1 aliphatic carbocycles. The van der Waals surface area contributed by atoms with Crippen LogP contribution < -0.4 is 5.32 Å². The van der Waals surface area contributed by atoms with Gasteiger partial charge in [0, 0.05) is 12.6 Å². The number of nitrogens with one attached hydrogen (secondary N) is 1. The molecule has 2 unspecified atom stereocenters. The maximum Gasteiger partial charge on any atom is 0.308 e. The fraction of sp³-hybridized carbons (Fsp3) is 0.857. The Hall–Kier alpha value is -1.10. The van der Waals surface area contributed by atoms with Crippen molar-refractivity contribution >= 4 is 11.9 Å². The molecule has 2 N–H and O–H groups in total. The minimum Gasteiger partial charge on any atom is -0.481 e. The van der Waals surface area contributed by atoms with Gasteiger partial charge in [0.1, 0.15) is 6.10 Å². The highest BCUT2D eigenvalue weighted by molar-refractivity contribution is 5.82. The third-order valence-corrected chi connectivity index (χ3v) is 4.13. The van der Waals surface area contributed by atoms with Crippen LogP contribution in [-0.4, -0.2) is 35.7 Å². The van der Waals surface area contributed by atoms with Crippen LogP contribution >= 0.6 is 0 Å². The van der Waals surface area contributed by atoms with E-state index in [4.69, 9.17) is 4.74 Å². The second-order valence-electron chi connectivity index (χ2n) is 5.55. The zero-order valence-corrected chi connectivity index (χ0v) is 11.3. The van der Waals surface area contributed by atoms with Crippen molar-refractivity contribution < 1.29 is 19.4 Å². The summed E-state index contributed by atoms with van der Waals surface area (Å²) in [5.41, 5.74) is 0. The second-order valence-corrected chi connectivity index (χ2v) is 5.55. The van der Waals surface area contributed by atoms with Crippen molar-refractivity contribution in [3.63, 3.8) is 0 Å². The highest BCUT2D eigenvalue weighted by Gasteiger charge is 2.32. The van der Waals surface area contributed by atoms with E-state index < -0.39 is 11.9 Å². The van der Waals surface area contributed by atoms with Crippen molar-refractivity contribution in [2.24, 2.45) is 5.92 Å². The molecule has 0 aromatic heterocycles. The topological polar surface area (TPSA) is 75.6 Å². The Kier molecular flexibility index (Phi) is 5.19. The SMILES string of the molecule is O=C(O)C1CCCCCCC1NC(=O)[C@@H]1CCCO1. The van der Waals surface area contributed by atoms with Gasteiger partial charge in [0.15, 0.2) is 0 Å². The third kappa shape index (κ3) is 3.93. The van der Waals surface area contributed by atoms with Crippen molar-refractivity contribution in [1.29, 1.82) is 0 Å². The van der Waals surface area contributed by atoms with E-state index >= 15 is 0 Å². The molecule has 5 heteroatoms. The van der Waals surface area contributed by atoms with Crippen molar-refractivity contribution in [1.82, 2.24) is 5.32 Å². The summed E-state index contributed by atoms with van der Waals surface area (Å²) in [5.74, 6) is -1.38. The van der Waals surface area contributed by atoms with E-state index in [1.54, 1.807) is 0 Å². The Balaban J connectivity index is 1.95. The number of aliphatic carboxylic acids is 1.